The fraction of sp³-hybridized carbons (Fsp3) is 0.133. The van der Waals surface area contributed by atoms with E-state index < -0.39 is 16.6 Å². The summed E-state index contributed by atoms with van der Waals surface area (Å²) in [7, 11) is -4.46. The van der Waals surface area contributed by atoms with E-state index in [-0.39, 0.29) is 20.7 Å². The van der Waals surface area contributed by atoms with Gasteiger partial charge in [0, 0.05) is 10.6 Å². The number of benzene rings is 2. The van der Waals surface area contributed by atoms with Crippen LogP contribution in [-0.2, 0) is 10.0 Å². The van der Waals surface area contributed by atoms with Crippen LogP contribution in [0.25, 0.3) is 0 Å². The third-order valence-electron chi connectivity index (χ3n) is 3.08. The molecule has 0 aliphatic rings. The Morgan fingerprint density at radius 2 is 1.57 bits per heavy atom. The molecule has 2 aromatic rings. The fourth-order valence-corrected chi connectivity index (χ4v) is 3.36. The van der Waals surface area contributed by atoms with E-state index in [0.29, 0.717) is 10.6 Å². The number of halogens is 3. The van der Waals surface area contributed by atoms with Gasteiger partial charge in [0.2, 0.25) is 0 Å². The Morgan fingerprint density at radius 3 is 2.00 bits per heavy atom. The smallest absolute Gasteiger partial charge is 0.295 e. The highest BCUT2D eigenvalue weighted by Gasteiger charge is 2.32. The molecule has 0 fully saturated rings. The third-order valence-corrected chi connectivity index (χ3v) is 5.08. The molecule has 0 aromatic heterocycles. The first-order chi connectivity index (χ1) is 10.7. The number of anilines is 1. The molecule has 0 atom stereocenters. The summed E-state index contributed by atoms with van der Waals surface area (Å²) in [6.45, 7) is -1.96. The maximum atomic E-state index is 13.4. The molecule has 0 N–H and O–H groups in total. The second kappa shape index (κ2) is 6.64. The van der Waals surface area contributed by atoms with E-state index in [1.165, 1.54) is 31.2 Å². The summed E-state index contributed by atoms with van der Waals surface area (Å²) >= 11 is 5.68. The fourth-order valence-electron chi connectivity index (χ4n) is 1.92. The Balaban J connectivity index is 2.49. The number of Topliss-reactive ketones (excluding diaryl/α,β-unsaturated/α-hetero) is 1. The van der Waals surface area contributed by atoms with E-state index in [1.54, 1.807) is 0 Å². The van der Waals surface area contributed by atoms with Gasteiger partial charge >= 0.3 is 6.55 Å². The molecule has 0 bridgehead atoms. The minimum absolute atomic E-state index is 0.000153. The minimum Gasteiger partial charge on any atom is -0.295 e. The Hall–Kier alpha value is -1.99. The van der Waals surface area contributed by atoms with Gasteiger partial charge in [0.25, 0.3) is 10.0 Å². The Morgan fingerprint density at radius 1 is 1.04 bits per heavy atom. The topological polar surface area (TPSA) is 54.5 Å². The van der Waals surface area contributed by atoms with Gasteiger partial charge in [0.1, 0.15) is 0 Å². The molecular formula is C15H12ClF2NO3S. The second-order valence-corrected chi connectivity index (χ2v) is 6.89. The van der Waals surface area contributed by atoms with Gasteiger partial charge < -0.3 is 0 Å². The average molecular weight is 360 g/mol. The summed E-state index contributed by atoms with van der Waals surface area (Å²) in [5.74, 6) is -0.249. The second-order valence-electron chi connectivity index (χ2n) is 4.64. The van der Waals surface area contributed by atoms with Crippen LogP contribution in [0.5, 0.6) is 0 Å². The van der Waals surface area contributed by atoms with Crippen molar-refractivity contribution < 1.29 is 22.0 Å². The van der Waals surface area contributed by atoms with Crippen molar-refractivity contribution in [3.8, 4) is 0 Å². The van der Waals surface area contributed by atoms with E-state index in [0.717, 1.165) is 24.3 Å². The minimum atomic E-state index is -4.46. The SMILES string of the molecule is CC(=O)c1ccc(N(C(F)F)S(=O)(=O)c2ccc(Cl)cc2)cc1. The molecule has 0 spiro atoms. The molecule has 2 rings (SSSR count). The van der Waals surface area contributed by atoms with E-state index >= 15 is 0 Å². The number of carbonyl (C=O) groups is 1. The van der Waals surface area contributed by atoms with Crippen LogP contribution in [0.4, 0.5) is 14.5 Å². The highest BCUT2D eigenvalue weighted by Crippen LogP contribution is 2.28. The molecule has 23 heavy (non-hydrogen) atoms. The molecule has 0 saturated heterocycles. The lowest BCUT2D eigenvalue weighted by molar-refractivity contribution is 0.101. The van der Waals surface area contributed by atoms with Crippen molar-refractivity contribution in [3.05, 3.63) is 59.1 Å². The van der Waals surface area contributed by atoms with Crippen LogP contribution in [0, 0.1) is 0 Å². The van der Waals surface area contributed by atoms with Gasteiger partial charge in [-0.25, -0.2) is 12.7 Å². The summed E-state index contributed by atoms with van der Waals surface area (Å²) < 4.78 is 51.6. The number of hydrogen-bond donors (Lipinski definition) is 0. The van der Waals surface area contributed by atoms with Gasteiger partial charge in [0.05, 0.1) is 10.6 Å². The predicted octanol–water partition coefficient (Wildman–Crippen LogP) is 3.96. The van der Waals surface area contributed by atoms with Crippen LogP contribution >= 0.6 is 11.6 Å². The number of sulfonamides is 1. The summed E-state index contributed by atoms with van der Waals surface area (Å²) in [6, 6.07) is 9.82. The van der Waals surface area contributed by atoms with Gasteiger partial charge in [-0.3, -0.25) is 4.79 Å². The quantitative estimate of drug-likeness (QED) is 0.599. The molecule has 0 amide bonds. The number of hydrogen-bond acceptors (Lipinski definition) is 3. The predicted molar refractivity (Wildman–Crippen MR) is 83.6 cm³/mol. The van der Waals surface area contributed by atoms with Crippen molar-refractivity contribution in [1.29, 1.82) is 0 Å². The Labute approximate surface area is 137 Å². The van der Waals surface area contributed by atoms with Crippen LogP contribution < -0.4 is 4.31 Å². The third kappa shape index (κ3) is 3.68. The summed E-state index contributed by atoms with van der Waals surface area (Å²) in [4.78, 5) is 10.9. The highest BCUT2D eigenvalue weighted by atomic mass is 35.5. The molecule has 4 nitrogen and oxygen atoms in total. The van der Waals surface area contributed by atoms with Crippen LogP contribution in [0.2, 0.25) is 5.02 Å². The number of ketones is 1. The molecule has 0 aliphatic heterocycles. The zero-order chi connectivity index (χ0) is 17.2. The zero-order valence-electron chi connectivity index (χ0n) is 11.9. The van der Waals surface area contributed by atoms with E-state index in [2.05, 4.69) is 0 Å². The molecular weight excluding hydrogens is 348 g/mol. The van der Waals surface area contributed by atoms with Crippen LogP contribution in [-0.4, -0.2) is 20.8 Å². The van der Waals surface area contributed by atoms with Crippen molar-refractivity contribution in [1.82, 2.24) is 0 Å². The first kappa shape index (κ1) is 17.4. The maximum Gasteiger partial charge on any atom is 0.328 e. The lowest BCUT2D eigenvalue weighted by Gasteiger charge is -2.23. The van der Waals surface area contributed by atoms with Crippen LogP contribution in [0.1, 0.15) is 17.3 Å². The summed E-state index contributed by atoms with van der Waals surface area (Å²) in [6.07, 6.45) is 0. The molecule has 122 valence electrons. The van der Waals surface area contributed by atoms with Gasteiger partial charge in [-0.05, 0) is 55.5 Å². The largest absolute Gasteiger partial charge is 0.328 e. The summed E-state index contributed by atoms with van der Waals surface area (Å²) in [5, 5.41) is 0.290. The normalized spacial score (nSPS) is 11.5. The van der Waals surface area contributed by atoms with Gasteiger partial charge in [-0.15, -0.1) is 0 Å². The first-order valence-electron chi connectivity index (χ1n) is 6.42. The maximum absolute atomic E-state index is 13.4. The van der Waals surface area contributed by atoms with Crippen LogP contribution in [0.15, 0.2) is 53.4 Å². The summed E-state index contributed by atoms with van der Waals surface area (Å²) in [5.41, 5.74) is 0.0619. The van der Waals surface area contributed by atoms with Crippen molar-refractivity contribution in [3.63, 3.8) is 0 Å². The monoisotopic (exact) mass is 359 g/mol. The molecule has 0 unspecified atom stereocenters. The molecule has 0 radical (unpaired) electrons. The lowest BCUT2D eigenvalue weighted by atomic mass is 10.1. The average Bonchev–Trinajstić information content (AvgIpc) is 2.47. The van der Waals surface area contributed by atoms with Gasteiger partial charge in [0.15, 0.2) is 5.78 Å². The number of carbonyl (C=O) groups excluding carboxylic acids is 1. The number of alkyl halides is 2. The Bertz CT molecular complexity index is 806. The number of rotatable bonds is 5. The first-order valence-corrected chi connectivity index (χ1v) is 8.24. The zero-order valence-corrected chi connectivity index (χ0v) is 13.5. The van der Waals surface area contributed by atoms with Crippen molar-refractivity contribution >= 4 is 33.1 Å². The number of nitrogens with zero attached hydrogens (tertiary/aromatic N) is 1. The van der Waals surface area contributed by atoms with Crippen LogP contribution in [0.3, 0.4) is 0 Å². The molecule has 2 aromatic carbocycles. The van der Waals surface area contributed by atoms with Gasteiger partial charge in [-0.2, -0.15) is 8.78 Å². The standard InChI is InChI=1S/C15H12ClF2NO3S/c1-10(20)11-2-6-13(7-3-11)19(15(17)18)23(21,22)14-8-4-12(16)5-9-14/h2-9,15H,1H3. The molecule has 0 aliphatic carbocycles. The van der Waals surface area contributed by atoms with E-state index in [1.807, 2.05) is 0 Å². The lowest BCUT2D eigenvalue weighted by Crippen LogP contribution is -2.35. The van der Waals surface area contributed by atoms with E-state index in [4.69, 9.17) is 11.6 Å². The molecule has 8 heteroatoms. The Kier molecular flexibility index (Phi) is 5.01. The highest BCUT2D eigenvalue weighted by molar-refractivity contribution is 7.92. The van der Waals surface area contributed by atoms with Crippen molar-refractivity contribution in [2.75, 3.05) is 4.31 Å². The van der Waals surface area contributed by atoms with Gasteiger partial charge in [-0.1, -0.05) is 11.6 Å². The molecule has 0 saturated carbocycles. The molecule has 0 heterocycles. The van der Waals surface area contributed by atoms with Crippen molar-refractivity contribution in [2.24, 2.45) is 0 Å². The van der Waals surface area contributed by atoms with E-state index in [9.17, 15) is 22.0 Å². The van der Waals surface area contributed by atoms with Crippen molar-refractivity contribution in [2.45, 2.75) is 18.4 Å².